The van der Waals surface area contributed by atoms with Crippen LogP contribution in [0.3, 0.4) is 0 Å². The molecular formula is C27H26O3S3. The molecule has 6 rings (SSSR count). The van der Waals surface area contributed by atoms with Gasteiger partial charge in [-0.3, -0.25) is 4.21 Å². The molecule has 33 heavy (non-hydrogen) atoms. The predicted molar refractivity (Wildman–Crippen MR) is 135 cm³/mol. The molecule has 3 unspecified atom stereocenters. The number of aryl methyl sites for hydroxylation is 2. The molecule has 3 aromatic rings. The Balaban J connectivity index is 1.32. The van der Waals surface area contributed by atoms with E-state index >= 15 is 0 Å². The van der Waals surface area contributed by atoms with Gasteiger partial charge >= 0.3 is 0 Å². The molecule has 3 aliphatic heterocycles. The minimum Gasteiger partial charge on any atom is -0.254 e. The summed E-state index contributed by atoms with van der Waals surface area (Å²) in [6.07, 6.45) is 3.45. The summed E-state index contributed by atoms with van der Waals surface area (Å²) in [6.45, 7) is 0. The zero-order valence-electron chi connectivity index (χ0n) is 18.3. The van der Waals surface area contributed by atoms with Crippen molar-refractivity contribution in [1.29, 1.82) is 0 Å². The van der Waals surface area contributed by atoms with Crippen LogP contribution in [-0.2, 0) is 45.7 Å². The van der Waals surface area contributed by atoms with Gasteiger partial charge in [0.2, 0.25) is 0 Å². The van der Waals surface area contributed by atoms with Crippen molar-refractivity contribution < 1.29 is 12.6 Å². The summed E-state index contributed by atoms with van der Waals surface area (Å²) in [5, 5.41) is -0.156. The van der Waals surface area contributed by atoms with E-state index in [-0.39, 0.29) is 16.9 Å². The van der Waals surface area contributed by atoms with Crippen LogP contribution in [0.4, 0.5) is 0 Å². The topological polar surface area (TPSA) is 51.2 Å². The predicted octanol–water partition coefficient (Wildman–Crippen LogP) is 5.38. The average Bonchev–Trinajstić information content (AvgIpc) is 2.84. The Kier molecular flexibility index (Phi) is 5.51. The van der Waals surface area contributed by atoms with Crippen molar-refractivity contribution in [2.45, 2.75) is 52.4 Å². The van der Waals surface area contributed by atoms with E-state index in [0.29, 0.717) is 4.90 Å². The van der Waals surface area contributed by atoms with Gasteiger partial charge in [-0.1, -0.05) is 48.5 Å². The van der Waals surface area contributed by atoms with Gasteiger partial charge in [0.1, 0.15) is 0 Å². The number of benzene rings is 3. The minimum atomic E-state index is -3.40. The Bertz CT molecular complexity index is 1380. The summed E-state index contributed by atoms with van der Waals surface area (Å²) >= 11 is 1.96. The lowest BCUT2D eigenvalue weighted by molar-refractivity contribution is 0.574. The molecule has 0 amide bonds. The SMILES string of the molecule is O=S1c2ccccc2CCC1c1ccc2c(c1)S(=O)(=O)CC(c1ccc3c(c1)CCSC3)C2. The summed E-state index contributed by atoms with van der Waals surface area (Å²) < 4.78 is 40.0. The lowest BCUT2D eigenvalue weighted by Gasteiger charge is -2.29. The van der Waals surface area contributed by atoms with Crippen LogP contribution in [0.1, 0.15) is 51.0 Å². The third-order valence-electron chi connectivity index (χ3n) is 7.28. The van der Waals surface area contributed by atoms with Crippen LogP contribution >= 0.6 is 11.8 Å². The van der Waals surface area contributed by atoms with Crippen LogP contribution < -0.4 is 0 Å². The largest absolute Gasteiger partial charge is 0.254 e. The van der Waals surface area contributed by atoms with Crippen molar-refractivity contribution in [1.82, 2.24) is 0 Å². The molecule has 3 aromatic carbocycles. The monoisotopic (exact) mass is 494 g/mol. The Morgan fingerprint density at radius 1 is 0.848 bits per heavy atom. The van der Waals surface area contributed by atoms with Crippen LogP contribution in [-0.4, -0.2) is 24.1 Å². The molecule has 0 saturated heterocycles. The van der Waals surface area contributed by atoms with Crippen LogP contribution in [0.5, 0.6) is 0 Å². The third-order valence-corrected chi connectivity index (χ3v) is 12.0. The summed E-state index contributed by atoms with van der Waals surface area (Å²) in [4.78, 5) is 1.33. The molecule has 0 aliphatic carbocycles. The number of thioether (sulfide) groups is 1. The van der Waals surface area contributed by atoms with Gasteiger partial charge in [-0.2, -0.15) is 11.8 Å². The molecule has 0 N–H and O–H groups in total. The van der Waals surface area contributed by atoms with E-state index in [1.807, 2.05) is 54.2 Å². The van der Waals surface area contributed by atoms with E-state index in [1.165, 1.54) is 11.1 Å². The molecule has 3 heterocycles. The van der Waals surface area contributed by atoms with Gasteiger partial charge in [-0.05, 0) is 76.9 Å². The van der Waals surface area contributed by atoms with Gasteiger partial charge in [0, 0.05) is 16.6 Å². The zero-order valence-corrected chi connectivity index (χ0v) is 20.8. The van der Waals surface area contributed by atoms with Crippen molar-refractivity contribution >= 4 is 32.4 Å². The fourth-order valence-corrected chi connectivity index (χ4v) is 10.1. The Labute approximate surface area is 202 Å². The third kappa shape index (κ3) is 3.90. The first-order valence-electron chi connectivity index (χ1n) is 11.5. The normalized spacial score (nSPS) is 25.5. The van der Waals surface area contributed by atoms with Gasteiger partial charge in [0.15, 0.2) is 9.84 Å². The molecule has 3 nitrogen and oxygen atoms in total. The van der Waals surface area contributed by atoms with Crippen molar-refractivity contribution in [2.75, 3.05) is 11.5 Å². The maximum absolute atomic E-state index is 13.4. The van der Waals surface area contributed by atoms with Crippen LogP contribution in [0.25, 0.3) is 0 Å². The van der Waals surface area contributed by atoms with Crippen molar-refractivity contribution in [3.8, 4) is 0 Å². The molecule has 170 valence electrons. The standard InChI is InChI=1S/C27H26O3S3/c28-32-25-4-2-1-3-18(25)9-10-26(32)21-6-7-22-14-24(17-33(29,30)27(22)15-21)19-5-8-23-16-31-12-11-20(23)13-19/h1-8,13,15,24,26H,9-12,14,16-17H2. The average molecular weight is 495 g/mol. The molecule has 0 saturated carbocycles. The summed E-state index contributed by atoms with van der Waals surface area (Å²) in [5.41, 5.74) is 6.83. The zero-order chi connectivity index (χ0) is 22.6. The molecule has 3 aliphatic rings. The van der Waals surface area contributed by atoms with E-state index in [4.69, 9.17) is 0 Å². The Morgan fingerprint density at radius 3 is 2.58 bits per heavy atom. The summed E-state index contributed by atoms with van der Waals surface area (Å²) in [5.74, 6) is 2.33. The second-order valence-corrected chi connectivity index (χ2v) is 14.0. The number of rotatable bonds is 2. The number of sulfone groups is 1. The van der Waals surface area contributed by atoms with Gasteiger partial charge < -0.3 is 0 Å². The highest BCUT2D eigenvalue weighted by Crippen LogP contribution is 2.40. The first-order chi connectivity index (χ1) is 16.0. The van der Waals surface area contributed by atoms with Gasteiger partial charge in [0.05, 0.1) is 26.7 Å². The van der Waals surface area contributed by atoms with Crippen molar-refractivity contribution in [3.05, 3.63) is 94.0 Å². The highest BCUT2D eigenvalue weighted by atomic mass is 32.2. The molecule has 0 spiro atoms. The fourth-order valence-electron chi connectivity index (χ4n) is 5.50. The van der Waals surface area contributed by atoms with Gasteiger partial charge in [0.25, 0.3) is 0 Å². The summed E-state index contributed by atoms with van der Waals surface area (Å²) in [7, 11) is -4.57. The van der Waals surface area contributed by atoms with Crippen LogP contribution in [0, 0.1) is 0 Å². The van der Waals surface area contributed by atoms with Gasteiger partial charge in [-0.25, -0.2) is 8.42 Å². The Morgan fingerprint density at radius 2 is 1.67 bits per heavy atom. The molecule has 0 aromatic heterocycles. The molecule has 3 atom stereocenters. The van der Waals surface area contributed by atoms with Crippen molar-refractivity contribution in [3.63, 3.8) is 0 Å². The molecule has 0 radical (unpaired) electrons. The number of fused-ring (bicyclic) bond motifs is 3. The van der Waals surface area contributed by atoms with Crippen molar-refractivity contribution in [2.24, 2.45) is 0 Å². The lowest BCUT2D eigenvalue weighted by Crippen LogP contribution is -2.25. The number of hydrogen-bond acceptors (Lipinski definition) is 4. The lowest BCUT2D eigenvalue weighted by atomic mass is 9.89. The second-order valence-electron chi connectivity index (χ2n) is 9.31. The molecular weight excluding hydrogens is 468 g/mol. The van der Waals surface area contributed by atoms with Gasteiger partial charge in [-0.15, -0.1) is 0 Å². The van der Waals surface area contributed by atoms with E-state index < -0.39 is 20.6 Å². The second kappa shape index (κ2) is 8.40. The highest BCUT2D eigenvalue weighted by Gasteiger charge is 2.34. The molecule has 0 fully saturated rings. The smallest absolute Gasteiger partial charge is 0.179 e. The van der Waals surface area contributed by atoms with Crippen LogP contribution in [0.2, 0.25) is 0 Å². The number of hydrogen-bond donors (Lipinski definition) is 0. The Hall–Kier alpha value is -1.89. The van der Waals surface area contributed by atoms with E-state index in [1.54, 1.807) is 0 Å². The quantitative estimate of drug-likeness (QED) is 0.480. The summed E-state index contributed by atoms with van der Waals surface area (Å²) in [6, 6.07) is 20.3. The maximum atomic E-state index is 13.4. The fraction of sp³-hybridized carbons (Fsp3) is 0.333. The van der Waals surface area contributed by atoms with E-state index in [0.717, 1.165) is 64.3 Å². The van der Waals surface area contributed by atoms with Crippen LogP contribution in [0.15, 0.2) is 70.5 Å². The minimum absolute atomic E-state index is 0.0103. The molecule has 6 heteroatoms. The van der Waals surface area contributed by atoms with E-state index in [2.05, 4.69) is 18.2 Å². The first kappa shape index (κ1) is 21.6. The highest BCUT2D eigenvalue weighted by molar-refractivity contribution is 7.98. The first-order valence-corrected chi connectivity index (χ1v) is 15.5. The van der Waals surface area contributed by atoms with E-state index in [9.17, 15) is 12.6 Å². The molecule has 0 bridgehead atoms. The maximum Gasteiger partial charge on any atom is 0.179 e.